The molecule has 0 spiro atoms. The monoisotopic (exact) mass is 375 g/mol. The fourth-order valence-electron chi connectivity index (χ4n) is 2.99. The Bertz CT molecular complexity index is 590. The molecule has 0 fully saturated rings. The third-order valence-corrected chi connectivity index (χ3v) is 5.48. The number of nitrogens with zero attached hydrogens (tertiary/aromatic N) is 1. The standard InChI is InChI=1S/C22H37NO2Si/c1-8-10-16-22(9-2,18-21(24)23(3)4)17-20(25-26(5,6)7)19-14-12-11-13-15-19/h11-15,17H,8-10,16,18H2,1-7H3/b20-17+/t22-/m1/s1. The number of hydrogen-bond donors (Lipinski definition) is 0. The maximum atomic E-state index is 12.5. The van der Waals surface area contributed by atoms with Crippen LogP contribution in [0.4, 0.5) is 0 Å². The fourth-order valence-corrected chi connectivity index (χ4v) is 3.82. The van der Waals surface area contributed by atoms with Crippen molar-refractivity contribution >= 4 is 20.0 Å². The van der Waals surface area contributed by atoms with Gasteiger partial charge in [-0.05, 0) is 38.6 Å². The fraction of sp³-hybridized carbons (Fsp3) is 0.591. The van der Waals surface area contributed by atoms with E-state index in [4.69, 9.17) is 4.43 Å². The van der Waals surface area contributed by atoms with Gasteiger partial charge in [-0.3, -0.25) is 4.79 Å². The van der Waals surface area contributed by atoms with Crippen molar-refractivity contribution in [3.8, 4) is 0 Å². The summed E-state index contributed by atoms with van der Waals surface area (Å²) >= 11 is 0. The van der Waals surface area contributed by atoms with E-state index < -0.39 is 8.32 Å². The first-order valence-corrected chi connectivity index (χ1v) is 13.2. The molecule has 0 radical (unpaired) electrons. The molecule has 3 nitrogen and oxygen atoms in total. The second kappa shape index (κ2) is 9.96. The Hall–Kier alpha value is -1.55. The summed E-state index contributed by atoms with van der Waals surface area (Å²) in [5.74, 6) is 1.12. The molecule has 0 aromatic heterocycles. The number of carbonyl (C=O) groups excluding carboxylic acids is 1. The third kappa shape index (κ3) is 7.36. The lowest BCUT2D eigenvalue weighted by atomic mass is 9.76. The zero-order valence-corrected chi connectivity index (χ0v) is 18.8. The topological polar surface area (TPSA) is 29.5 Å². The van der Waals surface area contributed by atoms with Crippen molar-refractivity contribution in [3.05, 3.63) is 42.0 Å². The van der Waals surface area contributed by atoms with Crippen LogP contribution in [0.1, 0.15) is 51.5 Å². The van der Waals surface area contributed by atoms with Crippen LogP contribution in [0, 0.1) is 5.41 Å². The van der Waals surface area contributed by atoms with Gasteiger partial charge in [0, 0.05) is 31.5 Å². The van der Waals surface area contributed by atoms with E-state index in [1.54, 1.807) is 4.90 Å². The lowest BCUT2D eigenvalue weighted by molar-refractivity contribution is -0.130. The van der Waals surface area contributed by atoms with Crippen molar-refractivity contribution in [3.63, 3.8) is 0 Å². The second-order valence-electron chi connectivity index (χ2n) is 8.37. The lowest BCUT2D eigenvalue weighted by Crippen LogP contribution is -2.31. The SMILES string of the molecule is CCCC[C@@](/C=C(/O[Si](C)(C)C)c1ccccc1)(CC)CC(=O)N(C)C. The zero-order valence-electron chi connectivity index (χ0n) is 17.8. The second-order valence-corrected chi connectivity index (χ2v) is 12.8. The number of rotatable bonds is 10. The molecule has 1 rings (SSSR count). The van der Waals surface area contributed by atoms with Gasteiger partial charge in [0.2, 0.25) is 14.2 Å². The molecule has 1 amide bonds. The summed E-state index contributed by atoms with van der Waals surface area (Å²) in [6.07, 6.45) is 6.96. The van der Waals surface area contributed by atoms with Crippen molar-refractivity contribution in [2.75, 3.05) is 14.1 Å². The minimum absolute atomic E-state index is 0.164. The molecule has 26 heavy (non-hydrogen) atoms. The Morgan fingerprint density at radius 2 is 1.77 bits per heavy atom. The summed E-state index contributed by atoms with van der Waals surface area (Å²) < 4.78 is 6.48. The number of carbonyl (C=O) groups is 1. The third-order valence-electron chi connectivity index (χ3n) is 4.65. The minimum atomic E-state index is -1.77. The summed E-state index contributed by atoms with van der Waals surface area (Å²) in [6.45, 7) is 11.0. The first-order valence-electron chi connectivity index (χ1n) is 9.80. The van der Waals surface area contributed by atoms with Crippen LogP contribution in [0.3, 0.4) is 0 Å². The summed E-state index contributed by atoms with van der Waals surface area (Å²) in [7, 11) is 1.90. The van der Waals surface area contributed by atoms with E-state index in [-0.39, 0.29) is 11.3 Å². The van der Waals surface area contributed by atoms with Crippen molar-refractivity contribution in [2.45, 2.75) is 65.6 Å². The molecule has 0 saturated carbocycles. The van der Waals surface area contributed by atoms with Gasteiger partial charge in [-0.25, -0.2) is 0 Å². The molecule has 0 saturated heterocycles. The van der Waals surface area contributed by atoms with Crippen LogP contribution in [0.2, 0.25) is 19.6 Å². The molecule has 0 aliphatic carbocycles. The first kappa shape index (κ1) is 22.5. The minimum Gasteiger partial charge on any atom is -0.544 e. The quantitative estimate of drug-likeness (QED) is 0.374. The molecule has 1 aromatic rings. The molecule has 0 N–H and O–H groups in total. The highest BCUT2D eigenvalue weighted by molar-refractivity contribution is 6.70. The maximum Gasteiger partial charge on any atom is 0.242 e. The zero-order chi connectivity index (χ0) is 19.8. The average Bonchev–Trinajstić information content (AvgIpc) is 2.58. The van der Waals surface area contributed by atoms with Gasteiger partial charge in [0.05, 0.1) is 0 Å². The van der Waals surface area contributed by atoms with E-state index in [9.17, 15) is 4.79 Å². The molecule has 0 bridgehead atoms. The number of unbranched alkanes of at least 4 members (excludes halogenated alkanes) is 1. The van der Waals surface area contributed by atoms with Gasteiger partial charge in [-0.1, -0.05) is 57.0 Å². The largest absolute Gasteiger partial charge is 0.544 e. The molecule has 0 heterocycles. The van der Waals surface area contributed by atoms with Crippen LogP contribution in [0.25, 0.3) is 5.76 Å². The molecule has 146 valence electrons. The van der Waals surface area contributed by atoms with Crippen LogP contribution >= 0.6 is 0 Å². The van der Waals surface area contributed by atoms with Crippen molar-refractivity contribution in [2.24, 2.45) is 5.41 Å². The molecule has 0 aliphatic rings. The lowest BCUT2D eigenvalue weighted by Gasteiger charge is -2.33. The van der Waals surface area contributed by atoms with Crippen LogP contribution in [0.15, 0.2) is 36.4 Å². The van der Waals surface area contributed by atoms with Crippen molar-refractivity contribution in [1.82, 2.24) is 4.90 Å². The van der Waals surface area contributed by atoms with Crippen LogP contribution in [-0.2, 0) is 9.22 Å². The Balaban J connectivity index is 3.38. The van der Waals surface area contributed by atoms with Gasteiger partial charge in [0.1, 0.15) is 5.76 Å². The number of hydrogen-bond acceptors (Lipinski definition) is 2. The molecule has 1 aromatic carbocycles. The van der Waals surface area contributed by atoms with Gasteiger partial charge in [0.15, 0.2) is 0 Å². The average molecular weight is 376 g/mol. The number of benzene rings is 1. The van der Waals surface area contributed by atoms with Gasteiger partial charge < -0.3 is 9.33 Å². The predicted molar refractivity (Wildman–Crippen MR) is 114 cm³/mol. The predicted octanol–water partition coefficient (Wildman–Crippen LogP) is 5.94. The Morgan fingerprint density at radius 3 is 2.23 bits per heavy atom. The van der Waals surface area contributed by atoms with E-state index in [2.05, 4.69) is 51.7 Å². The molecule has 1 atom stereocenters. The molecule has 4 heteroatoms. The molecule has 0 unspecified atom stereocenters. The van der Waals surface area contributed by atoms with E-state index in [0.29, 0.717) is 6.42 Å². The highest BCUT2D eigenvalue weighted by Crippen LogP contribution is 2.38. The highest BCUT2D eigenvalue weighted by atomic mass is 28.4. The van der Waals surface area contributed by atoms with Gasteiger partial charge >= 0.3 is 0 Å². The number of allylic oxidation sites excluding steroid dienone is 1. The van der Waals surface area contributed by atoms with E-state index in [1.165, 1.54) is 0 Å². The molecular formula is C22H37NO2Si. The van der Waals surface area contributed by atoms with E-state index in [0.717, 1.165) is 37.0 Å². The van der Waals surface area contributed by atoms with Crippen molar-refractivity contribution < 1.29 is 9.22 Å². The summed E-state index contributed by atoms with van der Waals surface area (Å²) in [5, 5.41) is 0. The van der Waals surface area contributed by atoms with Crippen LogP contribution in [0.5, 0.6) is 0 Å². The summed E-state index contributed by atoms with van der Waals surface area (Å²) in [6, 6.07) is 10.3. The molecular weight excluding hydrogens is 338 g/mol. The van der Waals surface area contributed by atoms with Gasteiger partial charge in [-0.2, -0.15) is 0 Å². The normalized spacial score (nSPS) is 14.7. The Kier molecular flexibility index (Phi) is 8.61. The first-order chi connectivity index (χ1) is 12.1. The van der Waals surface area contributed by atoms with Gasteiger partial charge in [-0.15, -0.1) is 0 Å². The highest BCUT2D eigenvalue weighted by Gasteiger charge is 2.31. The van der Waals surface area contributed by atoms with Crippen LogP contribution in [-0.4, -0.2) is 33.2 Å². The smallest absolute Gasteiger partial charge is 0.242 e. The van der Waals surface area contributed by atoms with E-state index in [1.807, 2.05) is 32.3 Å². The van der Waals surface area contributed by atoms with Crippen molar-refractivity contribution in [1.29, 1.82) is 0 Å². The van der Waals surface area contributed by atoms with E-state index >= 15 is 0 Å². The number of amides is 1. The summed E-state index contributed by atoms with van der Waals surface area (Å²) in [4.78, 5) is 14.2. The van der Waals surface area contributed by atoms with Gasteiger partial charge in [0.25, 0.3) is 0 Å². The Morgan fingerprint density at radius 1 is 1.15 bits per heavy atom. The summed E-state index contributed by atoms with van der Waals surface area (Å²) in [5.41, 5.74) is 0.934. The maximum absolute atomic E-state index is 12.5. The van der Waals surface area contributed by atoms with Crippen LogP contribution < -0.4 is 0 Å². The molecule has 0 aliphatic heterocycles. The Labute approximate surface area is 161 Å².